The molecule has 2 aliphatic carbocycles. The van der Waals surface area contributed by atoms with Gasteiger partial charge >= 0.3 is 12.1 Å². The van der Waals surface area contributed by atoms with Gasteiger partial charge in [-0.25, -0.2) is 4.79 Å². The molecule has 2 amide bonds. The standard InChI is InChI=1S/C28H34N2O5/c1-27(2,3)15-18(14-25(32)33)29-24(31)16-28(12-13-28)30-26(34)35-17-23-21-10-6-4-8-19(21)20-9-5-7-11-22(20)23/h4-11,18,23H,12-17H2,1-3H3,(H,29,31)(H,30,34)(H,32,33). The van der Waals surface area contributed by atoms with E-state index in [4.69, 9.17) is 4.74 Å². The molecule has 7 heteroatoms. The van der Waals surface area contributed by atoms with Crippen LogP contribution >= 0.6 is 0 Å². The van der Waals surface area contributed by atoms with Gasteiger partial charge in [-0.2, -0.15) is 0 Å². The maximum absolute atomic E-state index is 12.7. The van der Waals surface area contributed by atoms with Gasteiger partial charge in [-0.05, 0) is 46.9 Å². The molecule has 7 nitrogen and oxygen atoms in total. The fraction of sp³-hybridized carbons (Fsp3) is 0.464. The first-order valence-electron chi connectivity index (χ1n) is 12.2. The number of aliphatic carboxylic acids is 1. The van der Waals surface area contributed by atoms with Crippen molar-refractivity contribution in [3.05, 3.63) is 59.7 Å². The van der Waals surface area contributed by atoms with Crippen molar-refractivity contribution in [2.24, 2.45) is 5.41 Å². The second kappa shape index (κ2) is 9.72. The van der Waals surface area contributed by atoms with Crippen LogP contribution in [-0.4, -0.2) is 41.3 Å². The van der Waals surface area contributed by atoms with Crippen LogP contribution in [0.15, 0.2) is 48.5 Å². The lowest BCUT2D eigenvalue weighted by Gasteiger charge is -2.26. The van der Waals surface area contributed by atoms with Crippen molar-refractivity contribution in [3.8, 4) is 11.1 Å². The summed E-state index contributed by atoms with van der Waals surface area (Å²) in [5, 5.41) is 15.0. The molecule has 0 aromatic heterocycles. The maximum Gasteiger partial charge on any atom is 0.407 e. The number of carbonyl (C=O) groups excluding carboxylic acids is 2. The summed E-state index contributed by atoms with van der Waals surface area (Å²) in [6, 6.07) is 15.9. The van der Waals surface area contributed by atoms with Crippen molar-refractivity contribution in [2.75, 3.05) is 6.61 Å². The van der Waals surface area contributed by atoms with Gasteiger partial charge in [0, 0.05) is 18.4 Å². The van der Waals surface area contributed by atoms with Crippen LogP contribution in [-0.2, 0) is 14.3 Å². The van der Waals surface area contributed by atoms with Crippen molar-refractivity contribution in [3.63, 3.8) is 0 Å². The summed E-state index contributed by atoms with van der Waals surface area (Å²) in [6.07, 6.45) is 1.38. The third-order valence-electron chi connectivity index (χ3n) is 6.71. The first kappa shape index (κ1) is 24.8. The smallest absolute Gasteiger partial charge is 0.407 e. The Labute approximate surface area is 206 Å². The van der Waals surface area contributed by atoms with E-state index in [0.717, 1.165) is 11.1 Å². The normalized spacial score (nSPS) is 16.5. The minimum absolute atomic E-state index is 0.0271. The van der Waals surface area contributed by atoms with Gasteiger partial charge in [0.1, 0.15) is 6.61 Å². The van der Waals surface area contributed by atoms with Gasteiger partial charge in [0.05, 0.1) is 12.0 Å². The van der Waals surface area contributed by atoms with Gasteiger partial charge in [-0.15, -0.1) is 0 Å². The molecule has 0 saturated heterocycles. The summed E-state index contributed by atoms with van der Waals surface area (Å²) >= 11 is 0. The van der Waals surface area contributed by atoms with Gasteiger partial charge in [-0.3, -0.25) is 9.59 Å². The van der Waals surface area contributed by atoms with Gasteiger partial charge in [0.15, 0.2) is 0 Å². The van der Waals surface area contributed by atoms with Crippen molar-refractivity contribution >= 4 is 18.0 Å². The van der Waals surface area contributed by atoms with Crippen molar-refractivity contribution in [1.29, 1.82) is 0 Å². The fourth-order valence-corrected chi connectivity index (χ4v) is 5.06. The van der Waals surface area contributed by atoms with E-state index in [-0.39, 0.29) is 36.7 Å². The van der Waals surface area contributed by atoms with Gasteiger partial charge < -0.3 is 20.5 Å². The molecular formula is C28H34N2O5. The topological polar surface area (TPSA) is 105 Å². The lowest BCUT2D eigenvalue weighted by atomic mass is 9.87. The van der Waals surface area contributed by atoms with Crippen LogP contribution in [0.1, 0.15) is 69.9 Å². The molecule has 1 fully saturated rings. The van der Waals surface area contributed by atoms with E-state index in [1.807, 2.05) is 45.0 Å². The van der Waals surface area contributed by atoms with Crippen LogP contribution in [0.3, 0.4) is 0 Å². The average molecular weight is 479 g/mol. The molecule has 2 aromatic carbocycles. The number of amides is 2. The number of rotatable bonds is 9. The number of benzene rings is 2. The highest BCUT2D eigenvalue weighted by Crippen LogP contribution is 2.44. The highest BCUT2D eigenvalue weighted by molar-refractivity contribution is 5.81. The quantitative estimate of drug-likeness (QED) is 0.478. The van der Waals surface area contributed by atoms with Crippen LogP contribution in [0.4, 0.5) is 4.79 Å². The Balaban J connectivity index is 1.32. The van der Waals surface area contributed by atoms with E-state index >= 15 is 0 Å². The molecule has 2 aliphatic rings. The van der Waals surface area contributed by atoms with Crippen LogP contribution in [0.5, 0.6) is 0 Å². The van der Waals surface area contributed by atoms with Gasteiger partial charge in [0.2, 0.25) is 5.91 Å². The fourth-order valence-electron chi connectivity index (χ4n) is 5.06. The van der Waals surface area contributed by atoms with E-state index in [0.29, 0.717) is 19.3 Å². The molecular weight excluding hydrogens is 444 g/mol. The number of hydrogen-bond acceptors (Lipinski definition) is 4. The molecule has 2 aromatic rings. The van der Waals surface area contributed by atoms with Crippen molar-refractivity contribution in [2.45, 2.75) is 70.4 Å². The van der Waals surface area contributed by atoms with Crippen LogP contribution in [0, 0.1) is 5.41 Å². The zero-order chi connectivity index (χ0) is 25.2. The van der Waals surface area contributed by atoms with E-state index in [1.165, 1.54) is 11.1 Å². The Kier molecular flexibility index (Phi) is 6.88. The molecule has 186 valence electrons. The molecule has 35 heavy (non-hydrogen) atoms. The summed E-state index contributed by atoms with van der Waals surface area (Å²) in [6.45, 7) is 6.24. The highest BCUT2D eigenvalue weighted by atomic mass is 16.5. The third-order valence-corrected chi connectivity index (χ3v) is 6.71. The van der Waals surface area contributed by atoms with E-state index in [2.05, 4.69) is 34.9 Å². The lowest BCUT2D eigenvalue weighted by Crippen LogP contribution is -2.45. The Morgan fingerprint density at radius 1 is 1.03 bits per heavy atom. The number of ether oxygens (including phenoxy) is 1. The van der Waals surface area contributed by atoms with Gasteiger partial charge in [0.25, 0.3) is 0 Å². The van der Waals surface area contributed by atoms with E-state index in [1.54, 1.807) is 0 Å². The van der Waals surface area contributed by atoms with Gasteiger partial charge in [-0.1, -0.05) is 69.3 Å². The summed E-state index contributed by atoms with van der Waals surface area (Å²) in [5.41, 5.74) is 3.87. The van der Waals surface area contributed by atoms with Crippen LogP contribution in [0.2, 0.25) is 0 Å². The predicted molar refractivity (Wildman–Crippen MR) is 133 cm³/mol. The Morgan fingerprint density at radius 2 is 1.60 bits per heavy atom. The molecule has 0 heterocycles. The molecule has 0 radical (unpaired) electrons. The number of carboxylic acids is 1. The van der Waals surface area contributed by atoms with Crippen LogP contribution < -0.4 is 10.6 Å². The Hall–Kier alpha value is -3.35. The highest BCUT2D eigenvalue weighted by Gasteiger charge is 2.46. The largest absolute Gasteiger partial charge is 0.481 e. The second-order valence-electron chi connectivity index (χ2n) is 11.0. The SMILES string of the molecule is CC(C)(C)CC(CC(=O)O)NC(=O)CC1(NC(=O)OCC2c3ccccc3-c3ccccc32)CC1. The number of fused-ring (bicyclic) bond motifs is 3. The average Bonchev–Trinajstić information content (AvgIpc) is 3.42. The molecule has 4 rings (SSSR count). The summed E-state index contributed by atoms with van der Waals surface area (Å²) < 4.78 is 5.64. The molecule has 0 bridgehead atoms. The third kappa shape index (κ3) is 6.21. The van der Waals surface area contributed by atoms with E-state index in [9.17, 15) is 19.5 Å². The zero-order valence-corrected chi connectivity index (χ0v) is 20.6. The molecule has 1 atom stereocenters. The number of hydrogen-bond donors (Lipinski definition) is 3. The number of nitrogens with one attached hydrogen (secondary N) is 2. The molecule has 1 saturated carbocycles. The number of carbonyl (C=O) groups is 3. The minimum atomic E-state index is -0.947. The van der Waals surface area contributed by atoms with E-state index < -0.39 is 23.6 Å². The molecule has 0 spiro atoms. The number of alkyl carbamates (subject to hydrolysis) is 1. The lowest BCUT2D eigenvalue weighted by molar-refractivity contribution is -0.137. The molecule has 0 aliphatic heterocycles. The summed E-state index contributed by atoms with van der Waals surface area (Å²) in [4.78, 5) is 36.6. The van der Waals surface area contributed by atoms with Crippen LogP contribution in [0.25, 0.3) is 11.1 Å². The Bertz CT molecular complexity index is 1070. The maximum atomic E-state index is 12.7. The summed E-state index contributed by atoms with van der Waals surface area (Å²) in [5.74, 6) is -1.23. The van der Waals surface area contributed by atoms with Crippen molar-refractivity contribution in [1.82, 2.24) is 10.6 Å². The first-order valence-corrected chi connectivity index (χ1v) is 12.2. The molecule has 3 N–H and O–H groups in total. The second-order valence-corrected chi connectivity index (χ2v) is 11.0. The van der Waals surface area contributed by atoms with Crippen molar-refractivity contribution < 1.29 is 24.2 Å². The Morgan fingerprint density at radius 3 is 2.11 bits per heavy atom. The monoisotopic (exact) mass is 478 g/mol. The number of carboxylic acid groups (broad SMARTS) is 1. The summed E-state index contributed by atoms with van der Waals surface area (Å²) in [7, 11) is 0. The first-order chi connectivity index (χ1) is 16.6. The zero-order valence-electron chi connectivity index (χ0n) is 20.6. The predicted octanol–water partition coefficient (Wildman–Crippen LogP) is 4.84. The molecule has 1 unspecified atom stereocenters. The minimum Gasteiger partial charge on any atom is -0.481 e.